The Labute approximate surface area is 136 Å². The zero-order valence-corrected chi connectivity index (χ0v) is 11.5. The predicted molar refractivity (Wildman–Crippen MR) is 49.6 cm³/mol. The van der Waals surface area contributed by atoms with Crippen LogP contribution in [-0.2, 0) is 11.3 Å². The van der Waals surface area contributed by atoms with Gasteiger partial charge in [-0.05, 0) is 0 Å². The van der Waals surface area contributed by atoms with E-state index in [0.29, 0.717) is 0 Å². The second-order valence-corrected chi connectivity index (χ2v) is 4.56. The highest BCUT2D eigenvalue weighted by molar-refractivity contribution is 5.16. The molecule has 18 heteroatoms. The number of rotatable bonds is 2. The van der Waals surface area contributed by atoms with E-state index in [2.05, 4.69) is 0 Å². The number of hydrogen-bond acceptors (Lipinski definition) is 3. The van der Waals surface area contributed by atoms with E-state index in [1.54, 1.807) is 0 Å². The van der Waals surface area contributed by atoms with E-state index < -0.39 is 53.8 Å². The van der Waals surface area contributed by atoms with Crippen LogP contribution in [0.4, 0.5) is 65.9 Å². The van der Waals surface area contributed by atoms with Crippen molar-refractivity contribution in [2.75, 3.05) is 0 Å². The molecular weight excluding hydrogens is 435 g/mol. The molecule has 0 saturated heterocycles. The summed E-state index contributed by atoms with van der Waals surface area (Å²) >= 11 is 0. The van der Waals surface area contributed by atoms with Crippen LogP contribution in [0.1, 0.15) is 11.6 Å². The first-order valence-electron chi connectivity index (χ1n) is 5.68. The van der Waals surface area contributed by atoms with Crippen LogP contribution in [0.2, 0.25) is 0 Å². The lowest BCUT2D eigenvalue weighted by molar-refractivity contribution is -0.355. The van der Waals surface area contributed by atoms with Crippen molar-refractivity contribution in [1.82, 2.24) is 15.0 Å². The van der Waals surface area contributed by atoms with Gasteiger partial charge in [-0.15, -0.1) is 0 Å². The molecule has 0 fully saturated rings. The second-order valence-electron chi connectivity index (χ2n) is 4.56. The molecule has 1 rings (SSSR count). The molecule has 1 heterocycles. The van der Waals surface area contributed by atoms with Gasteiger partial charge in [-0.3, -0.25) is 0 Å². The summed E-state index contributed by atoms with van der Waals surface area (Å²) in [4.78, 5) is 4.37. The number of halogens is 15. The zero-order chi connectivity index (χ0) is 21.9. The van der Waals surface area contributed by atoms with E-state index in [-0.39, 0.29) is 0 Å². The summed E-state index contributed by atoms with van der Waals surface area (Å²) in [5, 5.41) is 0. The van der Waals surface area contributed by atoms with Gasteiger partial charge in [0, 0.05) is 0 Å². The van der Waals surface area contributed by atoms with Gasteiger partial charge in [0.1, 0.15) is 0 Å². The average Bonchev–Trinajstić information content (AvgIpc) is 2.39. The Bertz CT molecular complexity index is 612. The minimum absolute atomic E-state index is 1.35. The fourth-order valence-corrected chi connectivity index (χ4v) is 1.49. The minimum atomic E-state index is -7.13. The molecule has 1 aromatic heterocycles. The topological polar surface area (TPSA) is 38.7 Å². The number of alkyl halides is 14. The smallest absolute Gasteiger partial charge is 0.214 e. The molecule has 0 amide bonds. The van der Waals surface area contributed by atoms with Crippen LogP contribution in [0.3, 0.4) is 0 Å². The lowest BCUT2D eigenvalue weighted by Gasteiger charge is -2.31. The standard InChI is InChI=1S/C9F15N3/c10-3-26-1(4(11,6(13,14)15)7(16,17)18)25-2(27-3)5(12,8(19,20)21)9(22,23)24. The summed E-state index contributed by atoms with van der Waals surface area (Å²) in [5.41, 5.74) is -13.7. The number of aromatic nitrogens is 3. The van der Waals surface area contributed by atoms with Crippen LogP contribution in [0, 0.1) is 6.08 Å². The van der Waals surface area contributed by atoms with Gasteiger partial charge in [-0.2, -0.15) is 67.0 Å². The average molecular weight is 435 g/mol. The molecule has 156 valence electrons. The maximum atomic E-state index is 13.6. The zero-order valence-electron chi connectivity index (χ0n) is 11.5. The number of hydrogen-bond donors (Lipinski definition) is 0. The molecule has 0 aromatic carbocycles. The van der Waals surface area contributed by atoms with Crippen molar-refractivity contribution >= 4 is 0 Å². The van der Waals surface area contributed by atoms with Gasteiger partial charge >= 0.3 is 42.1 Å². The highest BCUT2D eigenvalue weighted by Crippen LogP contribution is 2.54. The largest absolute Gasteiger partial charge is 0.439 e. The van der Waals surface area contributed by atoms with E-state index in [1.165, 1.54) is 15.0 Å². The van der Waals surface area contributed by atoms with E-state index in [1.807, 2.05) is 0 Å². The molecule has 0 aliphatic carbocycles. The summed E-state index contributed by atoms with van der Waals surface area (Å²) in [7, 11) is 0. The summed E-state index contributed by atoms with van der Waals surface area (Å²) in [6, 6.07) is 0. The third-order valence-electron chi connectivity index (χ3n) is 2.79. The minimum Gasteiger partial charge on any atom is -0.214 e. The maximum absolute atomic E-state index is 13.6. The molecule has 1 aromatic rings. The first-order valence-corrected chi connectivity index (χ1v) is 5.68. The highest BCUT2D eigenvalue weighted by Gasteiger charge is 2.78. The Morgan fingerprint density at radius 3 is 0.815 bits per heavy atom. The molecule has 0 atom stereocenters. The van der Waals surface area contributed by atoms with Crippen molar-refractivity contribution in [2.24, 2.45) is 0 Å². The summed E-state index contributed by atoms with van der Waals surface area (Å²) < 4.78 is 190. The molecule has 0 aliphatic rings. The molecule has 0 aliphatic heterocycles. The lowest BCUT2D eigenvalue weighted by Crippen LogP contribution is -2.54. The van der Waals surface area contributed by atoms with Crippen molar-refractivity contribution in [3.63, 3.8) is 0 Å². The van der Waals surface area contributed by atoms with Gasteiger partial charge in [0.2, 0.25) is 0 Å². The van der Waals surface area contributed by atoms with Gasteiger partial charge in [-0.1, -0.05) is 0 Å². The monoisotopic (exact) mass is 435 g/mol. The molecule has 0 radical (unpaired) electrons. The van der Waals surface area contributed by atoms with Gasteiger partial charge in [-0.25, -0.2) is 13.8 Å². The first-order chi connectivity index (χ1) is 11.6. The summed E-state index contributed by atoms with van der Waals surface area (Å²) in [5.74, 6) is -7.22. The fourth-order valence-electron chi connectivity index (χ4n) is 1.49. The first kappa shape index (κ1) is 23.0. The molecule has 0 spiro atoms. The van der Waals surface area contributed by atoms with E-state index in [4.69, 9.17) is 0 Å². The quantitative estimate of drug-likeness (QED) is 0.639. The predicted octanol–water partition coefficient (Wildman–Crippen LogP) is 4.59. The van der Waals surface area contributed by atoms with Gasteiger partial charge in [0.05, 0.1) is 0 Å². The third kappa shape index (κ3) is 3.44. The fraction of sp³-hybridized carbons (Fsp3) is 0.667. The second kappa shape index (κ2) is 5.98. The molecule has 0 unspecified atom stereocenters. The van der Waals surface area contributed by atoms with Crippen molar-refractivity contribution in [3.8, 4) is 0 Å². The molecule has 0 bridgehead atoms. The lowest BCUT2D eigenvalue weighted by atomic mass is 10.0. The SMILES string of the molecule is Fc1nc(C(F)(C(F)(F)F)C(F)(F)F)nc(C(F)(C(F)(F)F)C(F)(F)F)n1. The normalized spacial score (nSPS) is 15.2. The summed E-state index contributed by atoms with van der Waals surface area (Å²) in [6.45, 7) is 0. The Balaban J connectivity index is 3.94. The molecule has 0 saturated carbocycles. The van der Waals surface area contributed by atoms with Crippen LogP contribution < -0.4 is 0 Å². The van der Waals surface area contributed by atoms with E-state index in [0.717, 1.165) is 0 Å². The van der Waals surface area contributed by atoms with Crippen molar-refractivity contribution in [1.29, 1.82) is 0 Å². The Morgan fingerprint density at radius 2 is 0.630 bits per heavy atom. The van der Waals surface area contributed by atoms with Crippen LogP contribution >= 0.6 is 0 Å². The summed E-state index contributed by atoms with van der Waals surface area (Å²) in [6.07, 6.45) is -31.7. The van der Waals surface area contributed by atoms with Crippen molar-refractivity contribution in [2.45, 2.75) is 36.0 Å². The van der Waals surface area contributed by atoms with Crippen LogP contribution in [0.5, 0.6) is 0 Å². The van der Waals surface area contributed by atoms with Gasteiger partial charge in [0.25, 0.3) is 0 Å². The van der Waals surface area contributed by atoms with Crippen LogP contribution in [-0.4, -0.2) is 39.7 Å². The van der Waals surface area contributed by atoms with Gasteiger partial charge in [0.15, 0.2) is 11.6 Å². The molecule has 3 nitrogen and oxygen atoms in total. The van der Waals surface area contributed by atoms with Crippen molar-refractivity contribution < 1.29 is 65.9 Å². The Morgan fingerprint density at radius 1 is 0.407 bits per heavy atom. The number of nitrogens with zero attached hydrogens (tertiary/aromatic N) is 3. The van der Waals surface area contributed by atoms with E-state index in [9.17, 15) is 65.9 Å². The Hall–Kier alpha value is -2.04. The molecule has 0 N–H and O–H groups in total. The van der Waals surface area contributed by atoms with Crippen LogP contribution in [0.15, 0.2) is 0 Å². The highest BCUT2D eigenvalue weighted by atomic mass is 19.4. The maximum Gasteiger partial charge on any atom is 0.439 e. The Kier molecular flexibility index (Phi) is 5.09. The van der Waals surface area contributed by atoms with Crippen LogP contribution in [0.25, 0.3) is 0 Å². The van der Waals surface area contributed by atoms with Gasteiger partial charge < -0.3 is 0 Å². The molecule has 27 heavy (non-hydrogen) atoms. The molecular formula is C9F15N3. The third-order valence-corrected chi connectivity index (χ3v) is 2.79. The van der Waals surface area contributed by atoms with E-state index >= 15 is 0 Å². The van der Waals surface area contributed by atoms with Crippen molar-refractivity contribution in [3.05, 3.63) is 17.7 Å².